The van der Waals surface area contributed by atoms with Crippen molar-refractivity contribution in [1.29, 1.82) is 0 Å². The predicted molar refractivity (Wildman–Crippen MR) is 63.1 cm³/mol. The molecule has 0 amide bonds. The van der Waals surface area contributed by atoms with Gasteiger partial charge in [0.2, 0.25) is 0 Å². The lowest BCUT2D eigenvalue weighted by Gasteiger charge is -2.16. The van der Waals surface area contributed by atoms with E-state index in [-0.39, 0.29) is 12.5 Å². The lowest BCUT2D eigenvalue weighted by molar-refractivity contribution is -0.138. The fraction of sp³-hybridized carbons (Fsp3) is 0.417. The summed E-state index contributed by atoms with van der Waals surface area (Å²) in [5, 5.41) is 8.62. The summed E-state index contributed by atoms with van der Waals surface area (Å²) in [6, 6.07) is 7.57. The van der Waals surface area contributed by atoms with Crippen LogP contribution >= 0.6 is 0 Å². The standard InChI is InChI=1S/C12H17NO3/c1-9(7-12(14)15)16-11-6-4-5-10(8-11)13(2)3/h4-6,8-9H,7H2,1-3H3,(H,14,15)/t9-/m1/s1. The zero-order valence-electron chi connectivity index (χ0n) is 9.80. The predicted octanol–water partition coefficient (Wildman–Crippen LogP) is 1.99. The van der Waals surface area contributed by atoms with Gasteiger partial charge in [0.05, 0.1) is 6.42 Å². The van der Waals surface area contributed by atoms with Gasteiger partial charge >= 0.3 is 5.97 Å². The second kappa shape index (κ2) is 5.39. The lowest BCUT2D eigenvalue weighted by atomic mass is 10.2. The van der Waals surface area contributed by atoms with Crippen LogP contribution in [-0.4, -0.2) is 31.3 Å². The highest BCUT2D eigenvalue weighted by atomic mass is 16.5. The molecule has 0 bridgehead atoms. The third-order valence-electron chi connectivity index (χ3n) is 2.13. The first kappa shape index (κ1) is 12.4. The monoisotopic (exact) mass is 223 g/mol. The Balaban J connectivity index is 2.66. The van der Waals surface area contributed by atoms with Crippen molar-refractivity contribution >= 4 is 11.7 Å². The van der Waals surface area contributed by atoms with Crippen LogP contribution in [0.3, 0.4) is 0 Å². The number of benzene rings is 1. The molecule has 1 aromatic rings. The Kier molecular flexibility index (Phi) is 4.17. The van der Waals surface area contributed by atoms with Crippen LogP contribution < -0.4 is 9.64 Å². The Morgan fingerprint density at radius 1 is 1.50 bits per heavy atom. The zero-order valence-corrected chi connectivity index (χ0v) is 9.80. The minimum atomic E-state index is -0.851. The first-order chi connectivity index (χ1) is 7.49. The first-order valence-electron chi connectivity index (χ1n) is 5.15. The third kappa shape index (κ3) is 3.81. The van der Waals surface area contributed by atoms with E-state index < -0.39 is 5.97 Å². The Bertz CT molecular complexity index is 363. The van der Waals surface area contributed by atoms with Gasteiger partial charge in [0.1, 0.15) is 11.9 Å². The number of carboxylic acids is 1. The molecule has 0 unspecified atom stereocenters. The maximum atomic E-state index is 10.5. The lowest BCUT2D eigenvalue weighted by Crippen LogP contribution is -2.17. The number of carboxylic acid groups (broad SMARTS) is 1. The molecule has 0 spiro atoms. The molecule has 0 aromatic heterocycles. The molecule has 0 saturated carbocycles. The molecule has 4 nitrogen and oxygen atoms in total. The smallest absolute Gasteiger partial charge is 0.307 e. The van der Waals surface area contributed by atoms with Crippen LogP contribution in [0.2, 0.25) is 0 Å². The summed E-state index contributed by atoms with van der Waals surface area (Å²) < 4.78 is 5.51. The Morgan fingerprint density at radius 2 is 2.19 bits per heavy atom. The molecule has 0 aliphatic rings. The van der Waals surface area contributed by atoms with Crippen molar-refractivity contribution in [2.24, 2.45) is 0 Å². The van der Waals surface area contributed by atoms with E-state index in [0.717, 1.165) is 5.69 Å². The van der Waals surface area contributed by atoms with E-state index in [9.17, 15) is 4.79 Å². The maximum Gasteiger partial charge on any atom is 0.307 e. The van der Waals surface area contributed by atoms with Crippen molar-refractivity contribution in [2.75, 3.05) is 19.0 Å². The molecule has 4 heteroatoms. The molecule has 1 atom stereocenters. The molecule has 0 saturated heterocycles. The number of ether oxygens (including phenoxy) is 1. The van der Waals surface area contributed by atoms with Gasteiger partial charge in [-0.1, -0.05) is 6.07 Å². The molecule has 16 heavy (non-hydrogen) atoms. The van der Waals surface area contributed by atoms with Crippen LogP contribution in [0.4, 0.5) is 5.69 Å². The fourth-order valence-corrected chi connectivity index (χ4v) is 1.35. The van der Waals surface area contributed by atoms with Crippen LogP contribution in [0.15, 0.2) is 24.3 Å². The van der Waals surface area contributed by atoms with Crippen molar-refractivity contribution in [3.05, 3.63) is 24.3 Å². The molecule has 1 N–H and O–H groups in total. The van der Waals surface area contributed by atoms with Crippen molar-refractivity contribution in [3.8, 4) is 5.75 Å². The number of hydrogen-bond donors (Lipinski definition) is 1. The Labute approximate surface area is 95.5 Å². The van der Waals surface area contributed by atoms with Crippen molar-refractivity contribution in [2.45, 2.75) is 19.4 Å². The summed E-state index contributed by atoms with van der Waals surface area (Å²) in [5.74, 6) is -0.156. The van der Waals surface area contributed by atoms with E-state index in [1.54, 1.807) is 6.92 Å². The minimum absolute atomic E-state index is 0.00614. The van der Waals surface area contributed by atoms with E-state index in [1.807, 2.05) is 43.3 Å². The quantitative estimate of drug-likeness (QED) is 0.829. The Hall–Kier alpha value is -1.71. The highest BCUT2D eigenvalue weighted by Gasteiger charge is 2.09. The van der Waals surface area contributed by atoms with Gasteiger partial charge in [-0.25, -0.2) is 0 Å². The van der Waals surface area contributed by atoms with Crippen LogP contribution in [0.1, 0.15) is 13.3 Å². The van der Waals surface area contributed by atoms with E-state index in [1.165, 1.54) is 0 Å². The van der Waals surface area contributed by atoms with Gasteiger partial charge in [0.25, 0.3) is 0 Å². The second-order valence-corrected chi connectivity index (χ2v) is 3.92. The average Bonchev–Trinajstić information content (AvgIpc) is 2.16. The number of carbonyl (C=O) groups is 1. The van der Waals surface area contributed by atoms with Crippen LogP contribution in [0.25, 0.3) is 0 Å². The highest BCUT2D eigenvalue weighted by molar-refractivity contribution is 5.67. The topological polar surface area (TPSA) is 49.8 Å². The molecule has 1 aromatic carbocycles. The molecule has 1 rings (SSSR count). The summed E-state index contributed by atoms with van der Waals surface area (Å²) in [4.78, 5) is 12.5. The SMILES string of the molecule is C[C@H](CC(=O)O)Oc1cccc(N(C)C)c1. The summed E-state index contributed by atoms with van der Waals surface area (Å²) in [5.41, 5.74) is 1.03. The molecule has 0 aliphatic carbocycles. The number of anilines is 1. The molecular formula is C12H17NO3. The summed E-state index contributed by atoms with van der Waals surface area (Å²) in [7, 11) is 3.89. The average molecular weight is 223 g/mol. The molecule has 0 radical (unpaired) electrons. The fourth-order valence-electron chi connectivity index (χ4n) is 1.35. The molecule has 0 fully saturated rings. The van der Waals surface area contributed by atoms with E-state index in [4.69, 9.17) is 9.84 Å². The third-order valence-corrected chi connectivity index (χ3v) is 2.13. The minimum Gasteiger partial charge on any atom is -0.490 e. The van der Waals surface area contributed by atoms with Crippen LogP contribution in [0, 0.1) is 0 Å². The van der Waals surface area contributed by atoms with Gasteiger partial charge in [-0.2, -0.15) is 0 Å². The highest BCUT2D eigenvalue weighted by Crippen LogP contribution is 2.20. The first-order valence-corrected chi connectivity index (χ1v) is 5.15. The molecular weight excluding hydrogens is 206 g/mol. The normalized spacial score (nSPS) is 11.9. The van der Waals surface area contributed by atoms with Gasteiger partial charge < -0.3 is 14.7 Å². The van der Waals surface area contributed by atoms with E-state index >= 15 is 0 Å². The number of hydrogen-bond acceptors (Lipinski definition) is 3. The van der Waals surface area contributed by atoms with E-state index in [0.29, 0.717) is 5.75 Å². The van der Waals surface area contributed by atoms with Gasteiger partial charge in [-0.15, -0.1) is 0 Å². The van der Waals surface area contributed by atoms with Gasteiger partial charge in [0, 0.05) is 25.8 Å². The molecule has 88 valence electrons. The van der Waals surface area contributed by atoms with Crippen molar-refractivity contribution in [3.63, 3.8) is 0 Å². The van der Waals surface area contributed by atoms with Gasteiger partial charge in [0.15, 0.2) is 0 Å². The van der Waals surface area contributed by atoms with Crippen LogP contribution in [-0.2, 0) is 4.79 Å². The van der Waals surface area contributed by atoms with Crippen molar-refractivity contribution in [1.82, 2.24) is 0 Å². The zero-order chi connectivity index (χ0) is 12.1. The Morgan fingerprint density at radius 3 is 2.75 bits per heavy atom. The number of rotatable bonds is 5. The van der Waals surface area contributed by atoms with Gasteiger partial charge in [-0.3, -0.25) is 4.79 Å². The second-order valence-electron chi connectivity index (χ2n) is 3.92. The number of aliphatic carboxylic acids is 1. The molecule has 0 heterocycles. The van der Waals surface area contributed by atoms with Crippen LogP contribution in [0.5, 0.6) is 5.75 Å². The van der Waals surface area contributed by atoms with Gasteiger partial charge in [-0.05, 0) is 19.1 Å². The largest absolute Gasteiger partial charge is 0.490 e. The summed E-state index contributed by atoms with van der Waals surface area (Å²) >= 11 is 0. The summed E-state index contributed by atoms with van der Waals surface area (Å²) in [6.45, 7) is 1.75. The molecule has 0 aliphatic heterocycles. The summed E-state index contributed by atoms with van der Waals surface area (Å²) in [6.07, 6.45) is -0.318. The van der Waals surface area contributed by atoms with E-state index in [2.05, 4.69) is 0 Å². The maximum absolute atomic E-state index is 10.5. The van der Waals surface area contributed by atoms with Crippen molar-refractivity contribution < 1.29 is 14.6 Å². The number of nitrogens with zero attached hydrogens (tertiary/aromatic N) is 1.